The first-order chi connectivity index (χ1) is 9.61. The van der Waals surface area contributed by atoms with Gasteiger partial charge in [0.1, 0.15) is 17.1 Å². The molecule has 0 unspecified atom stereocenters. The summed E-state index contributed by atoms with van der Waals surface area (Å²) < 4.78 is 5.01. The number of benzene rings is 2. The van der Waals surface area contributed by atoms with E-state index in [1.165, 1.54) is 19.2 Å². The Hall–Kier alpha value is -2.75. The highest BCUT2D eigenvalue weighted by atomic mass is 16.5. The van der Waals surface area contributed by atoms with E-state index in [1.807, 2.05) is 30.3 Å². The fourth-order valence-electron chi connectivity index (χ4n) is 1.89. The normalized spacial score (nSPS) is 10.7. The van der Waals surface area contributed by atoms with Crippen LogP contribution in [0.4, 0.5) is 0 Å². The number of carboxylic acid groups (broad SMARTS) is 1. The molecule has 0 aliphatic carbocycles. The Kier molecular flexibility index (Phi) is 4.05. The summed E-state index contributed by atoms with van der Waals surface area (Å²) in [5.74, 6) is -1.01. The topological polar surface area (TPSA) is 66.8 Å². The summed E-state index contributed by atoms with van der Waals surface area (Å²) in [7, 11) is 1.37. The van der Waals surface area contributed by atoms with Crippen LogP contribution in [0, 0.1) is 0 Å². The van der Waals surface area contributed by atoms with Gasteiger partial charge >= 0.3 is 5.97 Å². The van der Waals surface area contributed by atoms with Gasteiger partial charge < -0.3 is 14.9 Å². The van der Waals surface area contributed by atoms with Crippen LogP contribution in [0.2, 0.25) is 0 Å². The van der Waals surface area contributed by atoms with Crippen LogP contribution >= 0.6 is 0 Å². The second-order valence-electron chi connectivity index (χ2n) is 4.16. The van der Waals surface area contributed by atoms with Crippen LogP contribution in [0.3, 0.4) is 0 Å². The number of phenolic OH excluding ortho intramolecular Hbond substituents is 1. The van der Waals surface area contributed by atoms with Crippen molar-refractivity contribution in [2.45, 2.75) is 0 Å². The summed E-state index contributed by atoms with van der Waals surface area (Å²) >= 11 is 0. The molecular formula is C16H14O4. The molecule has 0 spiro atoms. The summed E-state index contributed by atoms with van der Waals surface area (Å²) in [5.41, 5.74) is 1.35. The van der Waals surface area contributed by atoms with Crippen LogP contribution in [0.5, 0.6) is 11.5 Å². The molecule has 102 valence electrons. The van der Waals surface area contributed by atoms with Gasteiger partial charge in [-0.2, -0.15) is 0 Å². The third-order valence-corrected chi connectivity index (χ3v) is 2.81. The van der Waals surface area contributed by atoms with E-state index in [2.05, 4.69) is 0 Å². The van der Waals surface area contributed by atoms with Gasteiger partial charge in [-0.3, -0.25) is 0 Å². The monoisotopic (exact) mass is 270 g/mol. The Balaban J connectivity index is 2.48. The molecule has 20 heavy (non-hydrogen) atoms. The van der Waals surface area contributed by atoms with Gasteiger partial charge in [-0.25, -0.2) is 4.79 Å². The summed E-state index contributed by atoms with van der Waals surface area (Å²) in [4.78, 5) is 11.3. The number of carbonyl (C=O) groups is 1. The number of phenols is 1. The molecule has 0 fully saturated rings. The molecule has 0 aliphatic rings. The predicted octanol–water partition coefficient (Wildman–Crippen LogP) is 3.27. The summed E-state index contributed by atoms with van der Waals surface area (Å²) in [6.07, 6.45) is 3.42. The van der Waals surface area contributed by atoms with E-state index in [0.717, 1.165) is 5.56 Å². The third kappa shape index (κ3) is 2.98. The van der Waals surface area contributed by atoms with E-state index in [-0.39, 0.29) is 17.1 Å². The van der Waals surface area contributed by atoms with Crippen LogP contribution < -0.4 is 4.74 Å². The van der Waals surface area contributed by atoms with Crippen LogP contribution in [-0.2, 0) is 0 Å². The molecule has 0 aromatic heterocycles. The minimum atomic E-state index is -1.10. The molecule has 0 saturated carbocycles. The largest absolute Gasteiger partial charge is 0.508 e. The first-order valence-corrected chi connectivity index (χ1v) is 5.99. The highest BCUT2D eigenvalue weighted by molar-refractivity contribution is 5.96. The zero-order valence-electron chi connectivity index (χ0n) is 10.9. The van der Waals surface area contributed by atoms with Crippen LogP contribution in [0.1, 0.15) is 21.5 Å². The molecule has 0 atom stereocenters. The van der Waals surface area contributed by atoms with Crippen molar-refractivity contribution < 1.29 is 19.7 Å². The van der Waals surface area contributed by atoms with E-state index >= 15 is 0 Å². The summed E-state index contributed by atoms with van der Waals surface area (Å²) in [6, 6.07) is 12.2. The van der Waals surface area contributed by atoms with Gasteiger partial charge in [0.15, 0.2) is 0 Å². The lowest BCUT2D eigenvalue weighted by Gasteiger charge is -2.09. The second kappa shape index (κ2) is 5.93. The minimum Gasteiger partial charge on any atom is -0.508 e. The Bertz CT molecular complexity index is 645. The standard InChI is InChI=1S/C16H14O4/c1-20-14-10-13(17)9-12(15(14)16(18)19)8-7-11-5-3-2-4-6-11/h2-10,17H,1H3,(H,18,19). The van der Waals surface area contributed by atoms with Crippen molar-refractivity contribution in [1.82, 2.24) is 0 Å². The van der Waals surface area contributed by atoms with Crippen molar-refractivity contribution in [3.8, 4) is 11.5 Å². The smallest absolute Gasteiger partial charge is 0.340 e. The Morgan fingerprint density at radius 1 is 1.15 bits per heavy atom. The molecule has 0 saturated heterocycles. The van der Waals surface area contributed by atoms with E-state index in [0.29, 0.717) is 5.56 Å². The molecule has 2 rings (SSSR count). The van der Waals surface area contributed by atoms with Gasteiger partial charge in [-0.15, -0.1) is 0 Å². The van der Waals surface area contributed by atoms with Crippen LogP contribution in [-0.4, -0.2) is 23.3 Å². The minimum absolute atomic E-state index is 0.0254. The first-order valence-electron chi connectivity index (χ1n) is 5.99. The molecule has 4 nitrogen and oxygen atoms in total. The maximum absolute atomic E-state index is 11.3. The summed E-state index contributed by atoms with van der Waals surface area (Å²) in [6.45, 7) is 0. The first kappa shape index (κ1) is 13.7. The average molecular weight is 270 g/mol. The van der Waals surface area contributed by atoms with Gasteiger partial charge in [0.25, 0.3) is 0 Å². The Morgan fingerprint density at radius 2 is 1.85 bits per heavy atom. The number of rotatable bonds is 4. The number of hydrogen-bond acceptors (Lipinski definition) is 3. The zero-order valence-corrected chi connectivity index (χ0v) is 10.9. The lowest BCUT2D eigenvalue weighted by Crippen LogP contribution is -2.03. The van der Waals surface area contributed by atoms with Gasteiger partial charge in [0, 0.05) is 6.07 Å². The number of hydrogen-bond donors (Lipinski definition) is 2. The van der Waals surface area contributed by atoms with Crippen molar-refractivity contribution in [1.29, 1.82) is 0 Å². The number of methoxy groups -OCH3 is 1. The fraction of sp³-hybridized carbons (Fsp3) is 0.0625. The van der Waals surface area contributed by atoms with E-state index in [1.54, 1.807) is 12.2 Å². The molecule has 2 aromatic carbocycles. The lowest BCUT2D eigenvalue weighted by atomic mass is 10.0. The van der Waals surface area contributed by atoms with Crippen molar-refractivity contribution >= 4 is 18.1 Å². The third-order valence-electron chi connectivity index (χ3n) is 2.81. The molecule has 2 aromatic rings. The number of aromatic carboxylic acids is 1. The van der Waals surface area contributed by atoms with Gasteiger partial charge in [0.2, 0.25) is 0 Å². The molecule has 0 heterocycles. The maximum Gasteiger partial charge on any atom is 0.340 e. The second-order valence-corrected chi connectivity index (χ2v) is 4.16. The number of ether oxygens (including phenoxy) is 1. The molecule has 2 N–H and O–H groups in total. The quantitative estimate of drug-likeness (QED) is 0.837. The molecule has 0 radical (unpaired) electrons. The van der Waals surface area contributed by atoms with Crippen molar-refractivity contribution in [3.63, 3.8) is 0 Å². The summed E-state index contributed by atoms with van der Waals surface area (Å²) in [5, 5.41) is 18.9. The van der Waals surface area contributed by atoms with Crippen LogP contribution in [0.25, 0.3) is 12.2 Å². The van der Waals surface area contributed by atoms with Gasteiger partial charge in [-0.1, -0.05) is 42.5 Å². The van der Waals surface area contributed by atoms with Gasteiger partial charge in [-0.05, 0) is 17.2 Å². The van der Waals surface area contributed by atoms with Crippen LogP contribution in [0.15, 0.2) is 42.5 Å². The Morgan fingerprint density at radius 3 is 2.45 bits per heavy atom. The fourth-order valence-corrected chi connectivity index (χ4v) is 1.89. The van der Waals surface area contributed by atoms with Crippen molar-refractivity contribution in [2.24, 2.45) is 0 Å². The van der Waals surface area contributed by atoms with Gasteiger partial charge in [0.05, 0.1) is 7.11 Å². The lowest BCUT2D eigenvalue weighted by molar-refractivity contribution is 0.0693. The zero-order chi connectivity index (χ0) is 14.5. The number of carboxylic acids is 1. The molecule has 0 bridgehead atoms. The number of aromatic hydroxyl groups is 1. The highest BCUT2D eigenvalue weighted by Gasteiger charge is 2.16. The maximum atomic E-state index is 11.3. The highest BCUT2D eigenvalue weighted by Crippen LogP contribution is 2.29. The molecule has 0 amide bonds. The molecule has 4 heteroatoms. The predicted molar refractivity (Wildman–Crippen MR) is 77.0 cm³/mol. The van der Waals surface area contributed by atoms with E-state index in [4.69, 9.17) is 4.74 Å². The Labute approximate surface area is 116 Å². The molecule has 0 aliphatic heterocycles. The average Bonchev–Trinajstić information content (AvgIpc) is 2.45. The van der Waals surface area contributed by atoms with E-state index < -0.39 is 5.97 Å². The SMILES string of the molecule is COc1cc(O)cc(C=Cc2ccccc2)c1C(=O)O. The molecular weight excluding hydrogens is 256 g/mol. The van der Waals surface area contributed by atoms with Crippen molar-refractivity contribution in [3.05, 3.63) is 59.2 Å². The van der Waals surface area contributed by atoms with Crippen molar-refractivity contribution in [2.75, 3.05) is 7.11 Å². The van der Waals surface area contributed by atoms with E-state index in [9.17, 15) is 15.0 Å².